The van der Waals surface area contributed by atoms with E-state index in [1.807, 2.05) is 43.3 Å². The Bertz CT molecular complexity index is 979. The number of aromatic nitrogens is 3. The fraction of sp³-hybridized carbons (Fsp3) is 0.167. The number of halogens is 2. The van der Waals surface area contributed by atoms with Gasteiger partial charge in [0.15, 0.2) is 0 Å². The lowest BCUT2D eigenvalue weighted by Gasteiger charge is -2.19. The highest BCUT2D eigenvalue weighted by atomic mass is 35.5. The number of nitrogens with one attached hydrogen (secondary N) is 1. The summed E-state index contributed by atoms with van der Waals surface area (Å²) in [7, 11) is 0. The molecule has 2 unspecified atom stereocenters. The largest absolute Gasteiger partial charge is 0.349 e. The topological polar surface area (TPSA) is 67.8 Å². The Labute approximate surface area is 153 Å². The molecule has 0 bridgehead atoms. The van der Waals surface area contributed by atoms with Crippen LogP contribution in [0.15, 0.2) is 64.3 Å². The van der Waals surface area contributed by atoms with Crippen LogP contribution in [0.4, 0.5) is 0 Å². The van der Waals surface area contributed by atoms with Crippen LogP contribution in [0.25, 0.3) is 5.69 Å². The Kier molecular flexibility index (Phi) is 5.06. The second-order valence-electron chi connectivity index (χ2n) is 5.68. The van der Waals surface area contributed by atoms with Crippen LogP contribution in [0, 0.1) is 0 Å². The van der Waals surface area contributed by atoms with Gasteiger partial charge in [0.05, 0.1) is 11.1 Å². The lowest BCUT2D eigenvalue weighted by atomic mass is 9.93. The molecule has 3 aromatic rings. The third-order valence-electron chi connectivity index (χ3n) is 4.00. The molecular formula is C18H15Cl2N3O2. The van der Waals surface area contributed by atoms with Gasteiger partial charge in [-0.3, -0.25) is 9.78 Å². The van der Waals surface area contributed by atoms with E-state index >= 15 is 0 Å². The number of alkyl halides is 1. The van der Waals surface area contributed by atoms with Gasteiger partial charge in [-0.2, -0.15) is 9.78 Å². The minimum atomic E-state index is -0.586. The predicted octanol–water partition coefficient (Wildman–Crippen LogP) is 3.66. The first-order chi connectivity index (χ1) is 12.0. The van der Waals surface area contributed by atoms with Gasteiger partial charge in [0, 0.05) is 10.9 Å². The molecule has 2 aromatic carbocycles. The standard InChI is InChI=1S/C18H15Cl2N3O2/c1-11(12-2-6-14(19)7-3-12)17(20)13-4-8-15(9-5-13)23-18(25)22-16(24)10-21-23/h2-11,17H,1H3,(H,22,24,25). The highest BCUT2D eigenvalue weighted by Crippen LogP contribution is 2.36. The van der Waals surface area contributed by atoms with Crippen molar-refractivity contribution in [1.82, 2.24) is 14.8 Å². The lowest BCUT2D eigenvalue weighted by molar-refractivity contribution is 0.727. The van der Waals surface area contributed by atoms with Gasteiger partial charge in [0.1, 0.15) is 6.20 Å². The number of aromatic amines is 1. The zero-order valence-electron chi connectivity index (χ0n) is 13.3. The molecule has 0 aliphatic heterocycles. The molecule has 5 nitrogen and oxygen atoms in total. The third-order valence-corrected chi connectivity index (χ3v) is 4.89. The van der Waals surface area contributed by atoms with Crippen molar-refractivity contribution in [1.29, 1.82) is 0 Å². The molecule has 0 spiro atoms. The fourth-order valence-corrected chi connectivity index (χ4v) is 2.98. The van der Waals surface area contributed by atoms with E-state index in [1.54, 1.807) is 12.1 Å². The molecule has 7 heteroatoms. The molecule has 128 valence electrons. The van der Waals surface area contributed by atoms with Gasteiger partial charge in [-0.15, -0.1) is 11.6 Å². The van der Waals surface area contributed by atoms with E-state index < -0.39 is 11.2 Å². The number of hydrogen-bond acceptors (Lipinski definition) is 3. The zero-order valence-corrected chi connectivity index (χ0v) is 14.8. The van der Waals surface area contributed by atoms with E-state index in [4.69, 9.17) is 23.2 Å². The second-order valence-corrected chi connectivity index (χ2v) is 6.59. The fourth-order valence-electron chi connectivity index (χ4n) is 2.56. The minimum Gasteiger partial charge on any atom is -0.271 e. The summed E-state index contributed by atoms with van der Waals surface area (Å²) in [6.07, 6.45) is 1.06. The van der Waals surface area contributed by atoms with Gasteiger partial charge in [-0.05, 0) is 35.4 Å². The predicted molar refractivity (Wildman–Crippen MR) is 98.9 cm³/mol. The SMILES string of the molecule is CC(c1ccc(Cl)cc1)C(Cl)c1ccc(-n2ncc(=O)[nH]c2=O)cc1. The van der Waals surface area contributed by atoms with Crippen LogP contribution in [-0.2, 0) is 0 Å². The maximum absolute atomic E-state index is 11.8. The van der Waals surface area contributed by atoms with E-state index in [2.05, 4.69) is 10.1 Å². The van der Waals surface area contributed by atoms with E-state index in [1.165, 1.54) is 0 Å². The monoisotopic (exact) mass is 375 g/mol. The van der Waals surface area contributed by atoms with E-state index in [9.17, 15) is 9.59 Å². The van der Waals surface area contributed by atoms with Crippen molar-refractivity contribution < 1.29 is 0 Å². The summed E-state index contributed by atoms with van der Waals surface area (Å²) in [5, 5.41) is 4.27. The van der Waals surface area contributed by atoms with Gasteiger partial charge in [-0.1, -0.05) is 42.8 Å². The highest BCUT2D eigenvalue weighted by molar-refractivity contribution is 6.30. The molecule has 0 amide bonds. The number of H-pyrrole nitrogens is 1. The van der Waals surface area contributed by atoms with Gasteiger partial charge in [-0.25, -0.2) is 4.79 Å². The molecule has 0 saturated heterocycles. The van der Waals surface area contributed by atoms with Crippen LogP contribution in [-0.4, -0.2) is 14.8 Å². The van der Waals surface area contributed by atoms with Gasteiger partial charge in [0.2, 0.25) is 0 Å². The molecule has 0 aliphatic carbocycles. The van der Waals surface area contributed by atoms with Crippen molar-refractivity contribution in [3.05, 3.63) is 91.7 Å². The van der Waals surface area contributed by atoms with Crippen LogP contribution >= 0.6 is 23.2 Å². The Hall–Kier alpha value is -2.37. The van der Waals surface area contributed by atoms with Gasteiger partial charge >= 0.3 is 5.69 Å². The van der Waals surface area contributed by atoms with Crippen molar-refractivity contribution in [3.8, 4) is 5.69 Å². The van der Waals surface area contributed by atoms with Crippen LogP contribution < -0.4 is 11.2 Å². The van der Waals surface area contributed by atoms with Crippen LogP contribution in [0.1, 0.15) is 29.3 Å². The van der Waals surface area contributed by atoms with Crippen LogP contribution in [0.5, 0.6) is 0 Å². The second kappa shape index (κ2) is 7.25. The van der Waals surface area contributed by atoms with Gasteiger partial charge in [0.25, 0.3) is 5.56 Å². The molecule has 1 aromatic heterocycles. The summed E-state index contributed by atoms with van der Waals surface area (Å²) in [6.45, 7) is 2.04. The summed E-state index contributed by atoms with van der Waals surface area (Å²) in [4.78, 5) is 25.1. The Balaban J connectivity index is 1.85. The molecule has 3 rings (SSSR count). The summed E-state index contributed by atoms with van der Waals surface area (Å²) >= 11 is 12.5. The lowest BCUT2D eigenvalue weighted by Crippen LogP contribution is -2.30. The average molecular weight is 376 g/mol. The van der Waals surface area contributed by atoms with Crippen molar-refractivity contribution in [2.45, 2.75) is 18.2 Å². The third kappa shape index (κ3) is 3.83. The maximum atomic E-state index is 11.8. The summed E-state index contributed by atoms with van der Waals surface area (Å²) in [5.74, 6) is 0.0821. The van der Waals surface area contributed by atoms with Crippen LogP contribution in [0.2, 0.25) is 5.02 Å². The quantitative estimate of drug-likeness (QED) is 0.707. The van der Waals surface area contributed by atoms with E-state index in [0.29, 0.717) is 10.7 Å². The van der Waals surface area contributed by atoms with Crippen LogP contribution in [0.3, 0.4) is 0 Å². The Morgan fingerprint density at radius 1 is 1.00 bits per heavy atom. The first kappa shape index (κ1) is 17.5. The Morgan fingerprint density at radius 3 is 2.20 bits per heavy atom. The minimum absolute atomic E-state index is 0.0821. The maximum Gasteiger partial charge on any atom is 0.349 e. The van der Waals surface area contributed by atoms with Crippen molar-refractivity contribution in [3.63, 3.8) is 0 Å². The smallest absolute Gasteiger partial charge is 0.271 e. The molecule has 0 fully saturated rings. The first-order valence-corrected chi connectivity index (χ1v) is 8.45. The highest BCUT2D eigenvalue weighted by Gasteiger charge is 2.18. The molecule has 0 saturated carbocycles. The molecule has 25 heavy (non-hydrogen) atoms. The summed E-state index contributed by atoms with van der Waals surface area (Å²) in [5.41, 5.74) is 1.44. The molecular weight excluding hydrogens is 361 g/mol. The number of nitrogens with zero attached hydrogens (tertiary/aromatic N) is 2. The molecule has 2 atom stereocenters. The summed E-state index contributed by atoms with van der Waals surface area (Å²) < 4.78 is 1.12. The molecule has 1 heterocycles. The number of rotatable bonds is 4. The van der Waals surface area contributed by atoms with Gasteiger partial charge < -0.3 is 0 Å². The van der Waals surface area contributed by atoms with Crippen molar-refractivity contribution in [2.75, 3.05) is 0 Å². The van der Waals surface area contributed by atoms with Crippen molar-refractivity contribution in [2.24, 2.45) is 0 Å². The first-order valence-electron chi connectivity index (χ1n) is 7.64. The molecule has 1 N–H and O–H groups in total. The van der Waals surface area contributed by atoms with E-state index in [0.717, 1.165) is 22.0 Å². The zero-order chi connectivity index (χ0) is 18.0. The number of hydrogen-bond donors (Lipinski definition) is 1. The normalized spacial score (nSPS) is 13.4. The summed E-state index contributed by atoms with van der Waals surface area (Å²) in [6, 6.07) is 14.8. The van der Waals surface area contributed by atoms with E-state index in [-0.39, 0.29) is 11.3 Å². The Morgan fingerprint density at radius 2 is 1.60 bits per heavy atom. The molecule has 0 radical (unpaired) electrons. The van der Waals surface area contributed by atoms with Crippen molar-refractivity contribution >= 4 is 23.2 Å². The number of benzene rings is 2. The average Bonchev–Trinajstić information content (AvgIpc) is 2.61. The molecule has 0 aliphatic rings.